The van der Waals surface area contributed by atoms with Crippen LogP contribution < -0.4 is 0 Å². The third kappa shape index (κ3) is 5.57. The Balaban J connectivity index is 1.49. The van der Waals surface area contributed by atoms with E-state index < -0.39 is 88.1 Å². The van der Waals surface area contributed by atoms with Crippen LogP contribution in [0, 0.1) is 24.4 Å². The van der Waals surface area contributed by atoms with Gasteiger partial charge in [-0.15, -0.1) is 5.10 Å². The first-order valence-corrected chi connectivity index (χ1v) is 14.7. The lowest BCUT2D eigenvalue weighted by molar-refractivity contribution is -0.105. The number of halogens is 5. The second-order valence-corrected chi connectivity index (χ2v) is 13.3. The summed E-state index contributed by atoms with van der Waals surface area (Å²) < 4.78 is 70.3. The highest BCUT2D eigenvalue weighted by molar-refractivity contribution is 8.18. The first kappa shape index (κ1) is 29.8. The zero-order valence-electron chi connectivity index (χ0n) is 21.9. The molecule has 15 heteroatoms. The van der Waals surface area contributed by atoms with E-state index in [9.17, 15) is 42.4 Å². The molecule has 2 fully saturated rings. The van der Waals surface area contributed by atoms with Crippen LogP contribution in [0.2, 0.25) is 0 Å². The molecule has 1 saturated carbocycles. The topological polar surface area (TPSA) is 137 Å². The maximum absolute atomic E-state index is 14.1. The Hall–Kier alpha value is -2.72. The van der Waals surface area contributed by atoms with Gasteiger partial charge in [0.15, 0.2) is 17.5 Å². The van der Waals surface area contributed by atoms with Crippen LogP contribution in [0.25, 0.3) is 11.3 Å². The summed E-state index contributed by atoms with van der Waals surface area (Å²) in [5, 5.41) is 51.0. The van der Waals surface area contributed by atoms with E-state index in [0.717, 1.165) is 16.8 Å². The van der Waals surface area contributed by atoms with Crippen LogP contribution in [0.1, 0.15) is 48.4 Å². The van der Waals surface area contributed by atoms with E-state index >= 15 is 0 Å². The molecule has 1 aliphatic heterocycles. The van der Waals surface area contributed by atoms with Crippen LogP contribution in [0.3, 0.4) is 0 Å². The lowest BCUT2D eigenvalue weighted by atomic mass is 9.79. The van der Waals surface area contributed by atoms with Gasteiger partial charge in [-0.1, -0.05) is 5.21 Å². The van der Waals surface area contributed by atoms with E-state index in [1.807, 2.05) is 0 Å². The molecule has 0 bridgehead atoms. The molecule has 1 saturated heterocycles. The van der Waals surface area contributed by atoms with Crippen molar-refractivity contribution in [2.75, 3.05) is 12.4 Å². The van der Waals surface area contributed by atoms with Crippen LogP contribution in [0.5, 0.6) is 0 Å². The summed E-state index contributed by atoms with van der Waals surface area (Å²) in [6, 6.07) is 0.313. The number of aromatic nitrogens is 5. The number of aliphatic hydroxyl groups excluding tert-OH is 3. The van der Waals surface area contributed by atoms with Crippen LogP contribution in [0.4, 0.5) is 22.0 Å². The molecule has 0 spiro atoms. The van der Waals surface area contributed by atoms with E-state index in [4.69, 9.17) is 0 Å². The molecule has 1 aliphatic carbocycles. The molecule has 224 valence electrons. The van der Waals surface area contributed by atoms with Crippen LogP contribution in [-0.4, -0.2) is 86.7 Å². The first-order chi connectivity index (χ1) is 19.3. The van der Waals surface area contributed by atoms with Gasteiger partial charge < -0.3 is 20.4 Å². The van der Waals surface area contributed by atoms with E-state index in [2.05, 4.69) is 20.3 Å². The third-order valence-electron chi connectivity index (χ3n) is 8.11. The lowest BCUT2D eigenvalue weighted by Crippen LogP contribution is -2.53. The SMILES string of the molecule is Cc1nccnc1[C@@H]([SH]1C[C@H](O)[C@H](n2cc(-c3cc(F)c(F)c(F)c3)nn2)[C@@H](O)[C@H]1CO)C1(O)CCC(F)(F)CC1. The van der Waals surface area contributed by atoms with Gasteiger partial charge in [-0.3, -0.25) is 9.97 Å². The van der Waals surface area contributed by atoms with Gasteiger partial charge in [-0.25, -0.2) is 37.5 Å². The Morgan fingerprint density at radius 3 is 2.29 bits per heavy atom. The molecule has 3 heterocycles. The molecule has 41 heavy (non-hydrogen) atoms. The second kappa shape index (κ2) is 11.2. The highest BCUT2D eigenvalue weighted by atomic mass is 32.2. The van der Waals surface area contributed by atoms with Gasteiger partial charge in [-0.05, 0) is 31.9 Å². The molecular formula is C26H30F5N5O4S. The van der Waals surface area contributed by atoms with Crippen molar-refractivity contribution in [2.24, 2.45) is 0 Å². The van der Waals surface area contributed by atoms with Crippen LogP contribution >= 0.6 is 10.9 Å². The zero-order valence-corrected chi connectivity index (χ0v) is 22.8. The minimum Gasteiger partial charge on any atom is -0.395 e. The van der Waals surface area contributed by atoms with Gasteiger partial charge in [0, 0.05) is 41.8 Å². The molecule has 5 rings (SSSR count). The summed E-state index contributed by atoms with van der Waals surface area (Å²) in [4.78, 5) is 8.66. The van der Waals surface area contributed by atoms with E-state index in [0.29, 0.717) is 11.4 Å². The molecule has 2 aromatic heterocycles. The molecule has 1 unspecified atom stereocenters. The number of aliphatic hydroxyl groups is 4. The number of nitrogens with zero attached hydrogens (tertiary/aromatic N) is 5. The summed E-state index contributed by atoms with van der Waals surface area (Å²) in [6.45, 7) is 1.10. The summed E-state index contributed by atoms with van der Waals surface area (Å²) >= 11 is 0. The molecule has 4 N–H and O–H groups in total. The fourth-order valence-corrected chi connectivity index (χ4v) is 9.67. The highest BCUT2D eigenvalue weighted by Crippen LogP contribution is 2.60. The average molecular weight is 604 g/mol. The summed E-state index contributed by atoms with van der Waals surface area (Å²) in [6.07, 6.45) is -0.243. The molecule has 2 aliphatic rings. The predicted molar refractivity (Wildman–Crippen MR) is 139 cm³/mol. The monoisotopic (exact) mass is 603 g/mol. The van der Waals surface area contributed by atoms with Gasteiger partial charge in [0.05, 0.1) is 47.3 Å². The van der Waals surface area contributed by atoms with Crippen molar-refractivity contribution in [3.63, 3.8) is 0 Å². The number of rotatable bonds is 6. The number of hydrogen-bond donors (Lipinski definition) is 5. The Labute approximate surface area is 234 Å². The van der Waals surface area contributed by atoms with Crippen LogP contribution in [0.15, 0.2) is 30.7 Å². The molecule has 0 amide bonds. The fraction of sp³-hybridized carbons (Fsp3) is 0.538. The third-order valence-corrected chi connectivity index (χ3v) is 11.6. The van der Waals surface area contributed by atoms with Gasteiger partial charge in [0.25, 0.3) is 0 Å². The number of benzene rings is 1. The summed E-state index contributed by atoms with van der Waals surface area (Å²) in [7, 11) is -1.69. The minimum absolute atomic E-state index is 0.0311. The smallest absolute Gasteiger partial charge is 0.248 e. The van der Waals surface area contributed by atoms with Gasteiger partial charge >= 0.3 is 0 Å². The molecule has 1 aromatic carbocycles. The van der Waals surface area contributed by atoms with Crippen LogP contribution in [-0.2, 0) is 0 Å². The van der Waals surface area contributed by atoms with E-state index in [1.54, 1.807) is 6.92 Å². The van der Waals surface area contributed by atoms with Crippen molar-refractivity contribution in [3.05, 3.63) is 59.6 Å². The predicted octanol–water partition coefficient (Wildman–Crippen LogP) is 2.78. The number of hydrogen-bond acceptors (Lipinski definition) is 8. The largest absolute Gasteiger partial charge is 0.395 e. The zero-order chi connectivity index (χ0) is 29.7. The summed E-state index contributed by atoms with van der Waals surface area (Å²) in [5.41, 5.74) is -1.02. The van der Waals surface area contributed by atoms with Crippen molar-refractivity contribution in [1.82, 2.24) is 25.0 Å². The molecule has 3 aromatic rings. The Bertz CT molecular complexity index is 1380. The highest BCUT2D eigenvalue weighted by Gasteiger charge is 2.54. The van der Waals surface area contributed by atoms with Crippen molar-refractivity contribution < 1.29 is 42.4 Å². The maximum Gasteiger partial charge on any atom is 0.248 e. The molecular weight excluding hydrogens is 573 g/mol. The fourth-order valence-electron chi connectivity index (χ4n) is 5.94. The Morgan fingerprint density at radius 2 is 1.68 bits per heavy atom. The van der Waals surface area contributed by atoms with Gasteiger partial charge in [0.1, 0.15) is 11.7 Å². The number of thiol groups is 1. The van der Waals surface area contributed by atoms with Crippen molar-refractivity contribution in [2.45, 2.75) is 72.9 Å². The van der Waals surface area contributed by atoms with E-state index in [-0.39, 0.29) is 29.9 Å². The second-order valence-electron chi connectivity index (χ2n) is 10.7. The normalized spacial score (nSPS) is 29.3. The number of aryl methyl sites for hydroxylation is 1. The summed E-state index contributed by atoms with van der Waals surface area (Å²) in [5.74, 6) is -7.47. The average Bonchev–Trinajstić information content (AvgIpc) is 3.40. The maximum atomic E-state index is 14.1. The Morgan fingerprint density at radius 1 is 1.05 bits per heavy atom. The van der Waals surface area contributed by atoms with E-state index in [1.165, 1.54) is 18.6 Å². The Kier molecular flexibility index (Phi) is 8.11. The lowest BCUT2D eigenvalue weighted by Gasteiger charge is -2.53. The minimum atomic E-state index is -2.93. The number of alkyl halides is 2. The molecule has 0 radical (unpaired) electrons. The van der Waals surface area contributed by atoms with Gasteiger partial charge in [-0.2, -0.15) is 0 Å². The quantitative estimate of drug-likeness (QED) is 0.165. The molecule has 6 atom stereocenters. The first-order valence-electron chi connectivity index (χ1n) is 13.0. The standard InChI is InChI=1S/C26H30F5N5O4S/c1-13-21(33-7-6-32-13)24(25(40)2-4-26(30,31)5-3-25)41-12-18(38)22(23(39)19(41)11-37)36-10-17(34-35-36)14-8-15(27)20(29)16(28)9-14/h6-10,18-19,22-24,37-41H,2-5,11-12H2,1H3/t18-,19+,22-,23-,24+/m0/s1. The molecule has 9 nitrogen and oxygen atoms in total. The van der Waals surface area contributed by atoms with Crippen molar-refractivity contribution in [1.29, 1.82) is 0 Å². The van der Waals surface area contributed by atoms with Crippen molar-refractivity contribution in [3.8, 4) is 11.3 Å². The van der Waals surface area contributed by atoms with Gasteiger partial charge in [0.2, 0.25) is 5.92 Å². The van der Waals surface area contributed by atoms with Crippen molar-refractivity contribution >= 4 is 10.9 Å².